The fraction of sp³-hybridized carbons (Fsp3) is 0.500. The maximum absolute atomic E-state index is 12.1. The molecule has 118 valence electrons. The van der Waals surface area contributed by atoms with E-state index in [-0.39, 0.29) is 17.2 Å². The third-order valence-corrected chi connectivity index (χ3v) is 4.66. The Balaban J connectivity index is 1.41. The van der Waals surface area contributed by atoms with Crippen LogP contribution in [-0.2, 0) is 9.53 Å². The minimum absolute atomic E-state index is 0.0805. The van der Waals surface area contributed by atoms with E-state index >= 15 is 0 Å². The summed E-state index contributed by atoms with van der Waals surface area (Å²) in [5, 5.41) is 3.15. The van der Waals surface area contributed by atoms with Gasteiger partial charge in [0.1, 0.15) is 0 Å². The first kappa shape index (κ1) is 15.3. The smallest absolute Gasteiger partial charge is 0.252 e. The Hall–Kier alpha value is -1.59. The number of ether oxygens (including phenoxy) is 1. The zero-order chi connectivity index (χ0) is 15.6. The van der Waals surface area contributed by atoms with Gasteiger partial charge in [-0.2, -0.15) is 0 Å². The van der Waals surface area contributed by atoms with E-state index in [1.165, 1.54) is 0 Å². The summed E-state index contributed by atoms with van der Waals surface area (Å²) < 4.78 is 5.40. The van der Waals surface area contributed by atoms with Crippen LogP contribution in [0.4, 0.5) is 0 Å². The summed E-state index contributed by atoms with van der Waals surface area (Å²) in [4.78, 5) is 25.9. The van der Waals surface area contributed by atoms with Crippen molar-refractivity contribution in [2.75, 3.05) is 32.8 Å². The third kappa shape index (κ3) is 3.10. The highest BCUT2D eigenvalue weighted by Crippen LogP contribution is 2.38. The Labute approximate surface area is 134 Å². The molecule has 0 atom stereocenters. The summed E-state index contributed by atoms with van der Waals surface area (Å²) in [5.41, 5.74) is 0.638. The molecule has 1 aromatic rings. The fourth-order valence-electron chi connectivity index (χ4n) is 3.02. The Morgan fingerprint density at radius 1 is 1.32 bits per heavy atom. The molecule has 0 unspecified atom stereocenters. The van der Waals surface area contributed by atoms with E-state index < -0.39 is 0 Å². The molecule has 0 radical (unpaired) electrons. The molecule has 2 aliphatic rings. The summed E-state index contributed by atoms with van der Waals surface area (Å²) in [6.45, 7) is 3.45. The van der Waals surface area contributed by atoms with Crippen molar-refractivity contribution >= 4 is 23.4 Å². The van der Waals surface area contributed by atoms with Crippen molar-refractivity contribution in [3.63, 3.8) is 0 Å². The first-order chi connectivity index (χ1) is 10.6. The van der Waals surface area contributed by atoms with Crippen LogP contribution in [0, 0.1) is 5.41 Å². The molecule has 0 bridgehead atoms. The lowest BCUT2D eigenvalue weighted by molar-refractivity contribution is -0.143. The molecule has 1 aromatic carbocycles. The molecule has 22 heavy (non-hydrogen) atoms. The van der Waals surface area contributed by atoms with Crippen LogP contribution in [0.15, 0.2) is 24.3 Å². The molecule has 5 nitrogen and oxygen atoms in total. The van der Waals surface area contributed by atoms with Crippen molar-refractivity contribution in [3.8, 4) is 0 Å². The summed E-state index contributed by atoms with van der Waals surface area (Å²) in [6.07, 6.45) is 1.35. The maximum Gasteiger partial charge on any atom is 0.252 e. The second-order valence-electron chi connectivity index (χ2n) is 6.04. The normalized spacial score (nSPS) is 19.0. The number of nitrogens with one attached hydrogen (secondary N) is 1. The number of benzene rings is 1. The van der Waals surface area contributed by atoms with Gasteiger partial charge in [-0.1, -0.05) is 23.7 Å². The minimum Gasteiger partial charge on any atom is -0.381 e. The molecule has 2 amide bonds. The van der Waals surface area contributed by atoms with Crippen LogP contribution in [0.1, 0.15) is 23.2 Å². The van der Waals surface area contributed by atoms with E-state index in [0.717, 1.165) is 32.7 Å². The molecule has 0 aliphatic carbocycles. The van der Waals surface area contributed by atoms with E-state index in [0.29, 0.717) is 23.6 Å². The summed E-state index contributed by atoms with van der Waals surface area (Å²) in [5.74, 6) is -0.167. The van der Waals surface area contributed by atoms with Crippen LogP contribution in [0.25, 0.3) is 0 Å². The van der Waals surface area contributed by atoms with E-state index in [9.17, 15) is 9.59 Å². The molecule has 2 aliphatic heterocycles. The van der Waals surface area contributed by atoms with Gasteiger partial charge in [-0.15, -0.1) is 0 Å². The zero-order valence-corrected chi connectivity index (χ0v) is 13.1. The predicted octanol–water partition coefficient (Wildman–Crippen LogP) is 1.71. The lowest BCUT2D eigenvalue weighted by Crippen LogP contribution is -2.59. The second-order valence-corrected chi connectivity index (χ2v) is 6.45. The van der Waals surface area contributed by atoms with E-state index in [4.69, 9.17) is 16.3 Å². The highest BCUT2D eigenvalue weighted by Gasteiger charge is 2.47. The standard InChI is InChI=1S/C16H19ClN2O3/c17-13-4-2-1-3-12(13)15(21)18-7-5-14(20)19-9-16(10-19)6-8-22-11-16/h1-4H,5-11H2,(H,18,21). The fourth-order valence-corrected chi connectivity index (χ4v) is 3.24. The number of carbonyl (C=O) groups excluding carboxylic acids is 2. The average Bonchev–Trinajstić information content (AvgIpc) is 2.95. The molecule has 3 rings (SSSR count). The van der Waals surface area contributed by atoms with Gasteiger partial charge in [-0.25, -0.2) is 0 Å². The van der Waals surface area contributed by atoms with Crippen LogP contribution in [0.5, 0.6) is 0 Å². The third-order valence-electron chi connectivity index (χ3n) is 4.33. The molecule has 0 saturated carbocycles. The molecule has 1 spiro atoms. The van der Waals surface area contributed by atoms with Crippen LogP contribution < -0.4 is 5.32 Å². The van der Waals surface area contributed by atoms with Gasteiger partial charge in [0.05, 0.1) is 17.2 Å². The van der Waals surface area contributed by atoms with E-state index in [1.54, 1.807) is 24.3 Å². The van der Waals surface area contributed by atoms with E-state index in [1.807, 2.05) is 4.90 Å². The Morgan fingerprint density at radius 2 is 2.09 bits per heavy atom. The molecule has 0 aromatic heterocycles. The number of carbonyl (C=O) groups is 2. The first-order valence-corrected chi connectivity index (χ1v) is 7.86. The lowest BCUT2D eigenvalue weighted by atomic mass is 9.79. The maximum atomic E-state index is 12.1. The topological polar surface area (TPSA) is 58.6 Å². The lowest BCUT2D eigenvalue weighted by Gasteiger charge is -2.47. The van der Waals surface area contributed by atoms with Gasteiger partial charge in [-0.3, -0.25) is 9.59 Å². The summed E-state index contributed by atoms with van der Waals surface area (Å²) in [7, 11) is 0. The zero-order valence-electron chi connectivity index (χ0n) is 12.3. The Morgan fingerprint density at radius 3 is 2.77 bits per heavy atom. The molecule has 2 heterocycles. The molecule has 6 heteroatoms. The van der Waals surface area contributed by atoms with Crippen LogP contribution in [-0.4, -0.2) is 49.6 Å². The number of nitrogens with zero attached hydrogens (tertiary/aromatic N) is 1. The number of halogens is 1. The van der Waals surface area contributed by atoms with Crippen molar-refractivity contribution in [2.24, 2.45) is 5.41 Å². The minimum atomic E-state index is -0.248. The first-order valence-electron chi connectivity index (χ1n) is 7.48. The molecule has 2 fully saturated rings. The van der Waals surface area contributed by atoms with Gasteiger partial charge in [0.2, 0.25) is 5.91 Å². The average molecular weight is 323 g/mol. The van der Waals surface area contributed by atoms with Gasteiger partial charge in [-0.05, 0) is 18.6 Å². The van der Waals surface area contributed by atoms with Crippen LogP contribution >= 0.6 is 11.6 Å². The van der Waals surface area contributed by atoms with Gasteiger partial charge < -0.3 is 15.0 Å². The van der Waals surface area contributed by atoms with Crippen molar-refractivity contribution in [3.05, 3.63) is 34.9 Å². The summed E-state index contributed by atoms with van der Waals surface area (Å²) >= 11 is 5.96. The molecular weight excluding hydrogens is 304 g/mol. The predicted molar refractivity (Wildman–Crippen MR) is 82.9 cm³/mol. The van der Waals surface area contributed by atoms with Gasteiger partial charge >= 0.3 is 0 Å². The molecular formula is C16H19ClN2O3. The van der Waals surface area contributed by atoms with Crippen molar-refractivity contribution in [1.29, 1.82) is 0 Å². The quantitative estimate of drug-likeness (QED) is 0.918. The van der Waals surface area contributed by atoms with Crippen molar-refractivity contribution in [2.45, 2.75) is 12.8 Å². The Bertz CT molecular complexity index is 577. The van der Waals surface area contributed by atoms with Crippen molar-refractivity contribution in [1.82, 2.24) is 10.2 Å². The molecule has 2 saturated heterocycles. The highest BCUT2D eigenvalue weighted by molar-refractivity contribution is 6.33. The number of likely N-dealkylation sites (tertiary alicyclic amines) is 1. The van der Waals surface area contributed by atoms with Crippen molar-refractivity contribution < 1.29 is 14.3 Å². The largest absolute Gasteiger partial charge is 0.381 e. The van der Waals surface area contributed by atoms with Gasteiger partial charge in [0.15, 0.2) is 0 Å². The second kappa shape index (κ2) is 6.26. The molecule has 1 N–H and O–H groups in total. The highest BCUT2D eigenvalue weighted by atomic mass is 35.5. The monoisotopic (exact) mass is 322 g/mol. The Kier molecular flexibility index (Phi) is 4.36. The number of rotatable bonds is 4. The number of hydrogen-bond acceptors (Lipinski definition) is 3. The van der Waals surface area contributed by atoms with Gasteiger partial charge in [0.25, 0.3) is 5.91 Å². The summed E-state index contributed by atoms with van der Waals surface area (Å²) in [6, 6.07) is 6.87. The number of amides is 2. The van der Waals surface area contributed by atoms with Crippen LogP contribution in [0.3, 0.4) is 0 Å². The SMILES string of the molecule is O=C(NCCC(=O)N1CC2(CCOC2)C1)c1ccccc1Cl. The van der Waals surface area contributed by atoms with E-state index in [2.05, 4.69) is 5.32 Å². The number of hydrogen-bond donors (Lipinski definition) is 1. The van der Waals surface area contributed by atoms with Gasteiger partial charge in [0, 0.05) is 38.1 Å². The van der Waals surface area contributed by atoms with Crippen LogP contribution in [0.2, 0.25) is 5.02 Å².